The number of methoxy groups -OCH3 is 1. The third kappa shape index (κ3) is 2.88. The molecule has 0 saturated heterocycles. The van der Waals surface area contributed by atoms with Crippen LogP contribution in [-0.2, 0) is 0 Å². The van der Waals surface area contributed by atoms with Crippen molar-refractivity contribution in [1.29, 1.82) is 0 Å². The number of ether oxygens (including phenoxy) is 1. The smallest absolute Gasteiger partial charge is 0.123 e. The zero-order chi connectivity index (χ0) is 13.1. The first-order chi connectivity index (χ1) is 8.61. The van der Waals surface area contributed by atoms with E-state index in [9.17, 15) is 0 Å². The third-order valence-corrected chi connectivity index (χ3v) is 3.84. The minimum absolute atomic E-state index is 0.201. The van der Waals surface area contributed by atoms with E-state index in [0.717, 1.165) is 21.3 Å². The van der Waals surface area contributed by atoms with Crippen LogP contribution in [-0.4, -0.2) is 7.11 Å². The predicted octanol–water partition coefficient (Wildman–Crippen LogP) is 5.09. The van der Waals surface area contributed by atoms with Gasteiger partial charge in [0.2, 0.25) is 0 Å². The van der Waals surface area contributed by atoms with Gasteiger partial charge in [0.1, 0.15) is 5.75 Å². The molecule has 0 N–H and O–H groups in total. The van der Waals surface area contributed by atoms with Gasteiger partial charge in [0.25, 0.3) is 0 Å². The van der Waals surface area contributed by atoms with Crippen LogP contribution < -0.4 is 4.74 Å². The quantitative estimate of drug-likeness (QED) is 0.714. The molecule has 0 aliphatic rings. The van der Waals surface area contributed by atoms with E-state index >= 15 is 0 Å². The first kappa shape index (κ1) is 13.4. The van der Waals surface area contributed by atoms with Crippen LogP contribution in [0.15, 0.2) is 46.9 Å². The van der Waals surface area contributed by atoms with Crippen molar-refractivity contribution in [3.63, 3.8) is 0 Å². The molecular weight excluding hydrogens is 312 g/mol. The van der Waals surface area contributed by atoms with E-state index in [2.05, 4.69) is 22.0 Å². The monoisotopic (exact) mass is 324 g/mol. The van der Waals surface area contributed by atoms with Gasteiger partial charge in [0.05, 0.1) is 12.5 Å². The maximum absolute atomic E-state index is 6.54. The highest BCUT2D eigenvalue weighted by molar-refractivity contribution is 9.10. The number of aryl methyl sites for hydroxylation is 1. The highest BCUT2D eigenvalue weighted by Gasteiger charge is 2.15. The number of hydrogen-bond acceptors (Lipinski definition) is 1. The Morgan fingerprint density at radius 2 is 1.78 bits per heavy atom. The van der Waals surface area contributed by atoms with Crippen molar-refractivity contribution in [1.82, 2.24) is 0 Å². The minimum Gasteiger partial charge on any atom is -0.496 e. The van der Waals surface area contributed by atoms with Crippen LogP contribution in [0.4, 0.5) is 0 Å². The summed E-state index contributed by atoms with van der Waals surface area (Å²) in [7, 11) is 1.67. The van der Waals surface area contributed by atoms with Crippen molar-refractivity contribution in [3.8, 4) is 5.75 Å². The second-order valence-corrected chi connectivity index (χ2v) is 5.51. The fraction of sp³-hybridized carbons (Fsp3) is 0.200. The molecule has 0 saturated carbocycles. The molecule has 0 heterocycles. The third-order valence-electron chi connectivity index (χ3n) is 2.82. The maximum atomic E-state index is 6.54. The van der Waals surface area contributed by atoms with Gasteiger partial charge in [-0.1, -0.05) is 45.8 Å². The first-order valence-electron chi connectivity index (χ1n) is 5.66. The molecule has 1 nitrogen and oxygen atoms in total. The van der Waals surface area contributed by atoms with Gasteiger partial charge in [0.15, 0.2) is 0 Å². The summed E-state index contributed by atoms with van der Waals surface area (Å²) < 4.78 is 6.42. The summed E-state index contributed by atoms with van der Waals surface area (Å²) in [4.78, 5) is 0. The number of rotatable bonds is 3. The molecule has 0 aromatic heterocycles. The molecule has 0 spiro atoms. The molecule has 0 aliphatic heterocycles. The van der Waals surface area contributed by atoms with Gasteiger partial charge in [-0.15, -0.1) is 11.6 Å². The van der Waals surface area contributed by atoms with Gasteiger partial charge < -0.3 is 4.74 Å². The van der Waals surface area contributed by atoms with Crippen LogP contribution in [0.3, 0.4) is 0 Å². The van der Waals surface area contributed by atoms with Crippen molar-refractivity contribution >= 4 is 27.5 Å². The van der Waals surface area contributed by atoms with Crippen LogP contribution in [0.1, 0.15) is 22.1 Å². The zero-order valence-electron chi connectivity index (χ0n) is 10.3. The molecule has 0 bridgehead atoms. The zero-order valence-corrected chi connectivity index (χ0v) is 12.6. The highest BCUT2D eigenvalue weighted by atomic mass is 79.9. The molecule has 0 amide bonds. The summed E-state index contributed by atoms with van der Waals surface area (Å²) in [6, 6.07) is 14.1. The summed E-state index contributed by atoms with van der Waals surface area (Å²) in [6.45, 7) is 2.05. The van der Waals surface area contributed by atoms with E-state index in [1.807, 2.05) is 43.3 Å². The average Bonchev–Trinajstić information content (AvgIpc) is 2.39. The second kappa shape index (κ2) is 5.77. The SMILES string of the molecule is COc1ccc(C)cc1C(Cl)c1ccc(Br)cc1. The molecule has 0 aliphatic carbocycles. The molecule has 0 radical (unpaired) electrons. The maximum Gasteiger partial charge on any atom is 0.123 e. The molecule has 0 fully saturated rings. The number of halogens is 2. The Labute approximate surface area is 121 Å². The fourth-order valence-corrected chi connectivity index (χ4v) is 2.44. The summed E-state index contributed by atoms with van der Waals surface area (Å²) in [5.41, 5.74) is 3.24. The van der Waals surface area contributed by atoms with Gasteiger partial charge in [-0.3, -0.25) is 0 Å². The van der Waals surface area contributed by atoms with Gasteiger partial charge in [-0.25, -0.2) is 0 Å². The Kier molecular flexibility index (Phi) is 4.31. The van der Waals surface area contributed by atoms with Crippen LogP contribution in [0, 0.1) is 6.92 Å². The predicted molar refractivity (Wildman–Crippen MR) is 79.6 cm³/mol. The summed E-state index contributed by atoms with van der Waals surface area (Å²) in [6.07, 6.45) is 0. The lowest BCUT2D eigenvalue weighted by atomic mass is 10.0. The topological polar surface area (TPSA) is 9.23 Å². The van der Waals surface area contributed by atoms with E-state index in [-0.39, 0.29) is 5.38 Å². The van der Waals surface area contributed by atoms with Crippen molar-refractivity contribution in [2.75, 3.05) is 7.11 Å². The van der Waals surface area contributed by atoms with Crippen LogP contribution >= 0.6 is 27.5 Å². The van der Waals surface area contributed by atoms with Crippen molar-refractivity contribution < 1.29 is 4.74 Å². The normalized spacial score (nSPS) is 12.2. The van der Waals surface area contributed by atoms with Crippen LogP contribution in [0.5, 0.6) is 5.75 Å². The van der Waals surface area contributed by atoms with E-state index in [1.54, 1.807) is 7.11 Å². The summed E-state index contributed by atoms with van der Waals surface area (Å²) in [5, 5.41) is -0.201. The Morgan fingerprint density at radius 3 is 2.39 bits per heavy atom. The van der Waals surface area contributed by atoms with Gasteiger partial charge >= 0.3 is 0 Å². The number of alkyl halides is 1. The molecule has 2 rings (SSSR count). The van der Waals surface area contributed by atoms with E-state index in [0.29, 0.717) is 0 Å². The van der Waals surface area contributed by atoms with Gasteiger partial charge in [-0.2, -0.15) is 0 Å². The summed E-state index contributed by atoms with van der Waals surface area (Å²) >= 11 is 9.97. The second-order valence-electron chi connectivity index (χ2n) is 4.16. The molecule has 2 aromatic carbocycles. The van der Waals surface area contributed by atoms with Crippen molar-refractivity contribution in [2.45, 2.75) is 12.3 Å². The molecule has 94 valence electrons. The fourth-order valence-electron chi connectivity index (χ4n) is 1.86. The van der Waals surface area contributed by atoms with Gasteiger partial charge in [-0.05, 0) is 30.7 Å². The number of hydrogen-bond donors (Lipinski definition) is 0. The molecule has 2 aromatic rings. The minimum atomic E-state index is -0.201. The van der Waals surface area contributed by atoms with E-state index in [4.69, 9.17) is 16.3 Å². The van der Waals surface area contributed by atoms with Crippen LogP contribution in [0.25, 0.3) is 0 Å². The number of benzene rings is 2. The molecule has 3 heteroatoms. The lowest BCUT2D eigenvalue weighted by Gasteiger charge is -2.15. The lowest BCUT2D eigenvalue weighted by Crippen LogP contribution is -1.98. The molecule has 1 unspecified atom stereocenters. The Morgan fingerprint density at radius 1 is 1.11 bits per heavy atom. The first-order valence-corrected chi connectivity index (χ1v) is 6.89. The van der Waals surface area contributed by atoms with E-state index < -0.39 is 0 Å². The van der Waals surface area contributed by atoms with E-state index in [1.165, 1.54) is 5.56 Å². The van der Waals surface area contributed by atoms with Crippen molar-refractivity contribution in [3.05, 3.63) is 63.6 Å². The average molecular weight is 326 g/mol. The molecule has 1 atom stereocenters. The molecule has 18 heavy (non-hydrogen) atoms. The Bertz CT molecular complexity index is 537. The van der Waals surface area contributed by atoms with Crippen molar-refractivity contribution in [2.24, 2.45) is 0 Å². The van der Waals surface area contributed by atoms with Crippen LogP contribution in [0.2, 0.25) is 0 Å². The standard InChI is InChI=1S/C15H14BrClO/c1-10-3-8-14(18-2)13(9-10)15(17)11-4-6-12(16)7-5-11/h3-9,15H,1-2H3. The largest absolute Gasteiger partial charge is 0.496 e. The molecular formula is C15H14BrClO. The Balaban J connectivity index is 2.41. The van der Waals surface area contributed by atoms with Gasteiger partial charge in [0, 0.05) is 10.0 Å². The lowest BCUT2D eigenvalue weighted by molar-refractivity contribution is 0.410. The summed E-state index contributed by atoms with van der Waals surface area (Å²) in [5.74, 6) is 0.823. The highest BCUT2D eigenvalue weighted by Crippen LogP contribution is 2.35. The Hall–Kier alpha value is -0.990.